The van der Waals surface area contributed by atoms with E-state index in [4.69, 9.17) is 0 Å². The normalized spacial score (nSPS) is 16.5. The Bertz CT molecular complexity index is 1490. The average Bonchev–Trinajstić information content (AvgIpc) is 3.09. The molecule has 1 heterocycles. The van der Waals surface area contributed by atoms with E-state index in [-0.39, 0.29) is 36.2 Å². The van der Waals surface area contributed by atoms with E-state index >= 15 is 0 Å². The van der Waals surface area contributed by atoms with Gasteiger partial charge in [0.2, 0.25) is 17.7 Å². The predicted molar refractivity (Wildman–Crippen MR) is 188 cm³/mol. The van der Waals surface area contributed by atoms with Crippen molar-refractivity contribution < 1.29 is 19.5 Å². The Kier molecular flexibility index (Phi) is 12.5. The molecular weight excluding hydrogens is 588 g/mol. The summed E-state index contributed by atoms with van der Waals surface area (Å²) >= 11 is 0. The molecule has 47 heavy (non-hydrogen) atoms. The zero-order valence-corrected chi connectivity index (χ0v) is 28.4. The van der Waals surface area contributed by atoms with Crippen molar-refractivity contribution in [2.45, 2.75) is 69.7 Å². The lowest BCUT2D eigenvalue weighted by Gasteiger charge is -2.38. The molecule has 1 saturated heterocycles. The van der Waals surface area contributed by atoms with E-state index in [9.17, 15) is 19.5 Å². The van der Waals surface area contributed by atoms with E-state index in [1.807, 2.05) is 85.9 Å². The number of hydrogen-bond acceptors (Lipinski definition) is 5. The number of hydrogen-bond donors (Lipinski definition) is 2. The van der Waals surface area contributed by atoms with Gasteiger partial charge in [-0.2, -0.15) is 0 Å². The molecule has 0 saturated carbocycles. The number of aliphatic hydroxyl groups excluding tert-OH is 1. The fourth-order valence-corrected chi connectivity index (χ4v) is 5.89. The van der Waals surface area contributed by atoms with Gasteiger partial charge in [-0.1, -0.05) is 91.0 Å². The van der Waals surface area contributed by atoms with Crippen LogP contribution < -0.4 is 5.32 Å². The average molecular weight is 639 g/mol. The molecule has 1 unspecified atom stereocenters. The van der Waals surface area contributed by atoms with Crippen molar-refractivity contribution in [1.82, 2.24) is 20.0 Å². The number of likely N-dealkylation sites (tertiary alicyclic amines) is 1. The summed E-state index contributed by atoms with van der Waals surface area (Å²) in [7, 11) is 5.19. The Morgan fingerprint density at radius 3 is 2.06 bits per heavy atom. The Morgan fingerprint density at radius 1 is 0.872 bits per heavy atom. The Labute approximate surface area is 280 Å². The highest BCUT2D eigenvalue weighted by molar-refractivity contribution is 5.95. The SMILES string of the molecule is CNC(C)(C)C/C=C/C(=O)N(C)[C@H](Cc1ccc(-c2ccccc2)cc1)C(=O)N(C)[C@H](Cc1ccccc1)C(=O)N1CCCC(O)C1. The first-order valence-electron chi connectivity index (χ1n) is 16.5. The molecule has 0 spiro atoms. The molecule has 1 aliphatic rings. The third-order valence-corrected chi connectivity index (χ3v) is 9.24. The van der Waals surface area contributed by atoms with Gasteiger partial charge in [-0.3, -0.25) is 14.4 Å². The van der Waals surface area contributed by atoms with Gasteiger partial charge < -0.3 is 25.1 Å². The minimum Gasteiger partial charge on any atom is -0.391 e. The van der Waals surface area contributed by atoms with Gasteiger partial charge in [-0.25, -0.2) is 0 Å². The van der Waals surface area contributed by atoms with Crippen molar-refractivity contribution in [2.24, 2.45) is 0 Å². The Morgan fingerprint density at radius 2 is 1.45 bits per heavy atom. The van der Waals surface area contributed by atoms with Crippen LogP contribution in [0.4, 0.5) is 0 Å². The maximum absolute atomic E-state index is 14.5. The summed E-state index contributed by atoms with van der Waals surface area (Å²) in [4.78, 5) is 46.8. The highest BCUT2D eigenvalue weighted by Crippen LogP contribution is 2.22. The molecular formula is C39H50N4O4. The molecule has 8 nitrogen and oxygen atoms in total. The first kappa shape index (κ1) is 35.6. The van der Waals surface area contributed by atoms with Crippen LogP contribution in [0.2, 0.25) is 0 Å². The number of carbonyl (C=O) groups is 3. The third kappa shape index (κ3) is 9.86. The molecule has 0 bridgehead atoms. The molecule has 0 radical (unpaired) electrons. The van der Waals surface area contributed by atoms with Crippen LogP contribution in [0.1, 0.15) is 44.2 Å². The summed E-state index contributed by atoms with van der Waals surface area (Å²) in [5, 5.41) is 13.6. The van der Waals surface area contributed by atoms with E-state index in [0.29, 0.717) is 32.2 Å². The number of carbonyl (C=O) groups excluding carboxylic acids is 3. The molecule has 1 fully saturated rings. The van der Waals surface area contributed by atoms with E-state index in [2.05, 4.69) is 31.3 Å². The van der Waals surface area contributed by atoms with E-state index in [1.54, 1.807) is 19.0 Å². The van der Waals surface area contributed by atoms with Gasteiger partial charge in [0.15, 0.2) is 0 Å². The molecule has 2 N–H and O–H groups in total. The standard InChI is InChI=1S/C39H50N4O4/c1-39(2,40-3)24-12-19-36(45)41(4)34(27-30-20-22-32(23-21-30)31-16-10-7-11-17-31)37(46)42(5)35(26-29-14-8-6-9-15-29)38(47)43-25-13-18-33(44)28-43/h6-12,14-17,19-23,33-35,40,44H,13,18,24-28H2,1-5H3/b19-12+/t33?,34-,35-/m1/s1. The number of nitrogens with zero attached hydrogens (tertiary/aromatic N) is 3. The van der Waals surface area contributed by atoms with Gasteiger partial charge in [-0.15, -0.1) is 0 Å². The molecule has 0 aliphatic carbocycles. The van der Waals surface area contributed by atoms with Crippen LogP contribution in [0, 0.1) is 0 Å². The Hall–Kier alpha value is -4.27. The first-order valence-corrected chi connectivity index (χ1v) is 16.5. The molecule has 4 rings (SSSR count). The number of benzene rings is 3. The lowest BCUT2D eigenvalue weighted by atomic mass is 9.97. The fourth-order valence-electron chi connectivity index (χ4n) is 5.89. The van der Waals surface area contributed by atoms with Crippen molar-refractivity contribution in [3.05, 3.63) is 108 Å². The molecule has 0 aromatic heterocycles. The van der Waals surface area contributed by atoms with Crippen LogP contribution in [0.15, 0.2) is 97.1 Å². The smallest absolute Gasteiger partial charge is 0.246 e. The minimum atomic E-state index is -0.852. The molecule has 250 valence electrons. The van der Waals surface area contributed by atoms with Crippen LogP contribution in [0.25, 0.3) is 11.1 Å². The van der Waals surface area contributed by atoms with Gasteiger partial charge in [0.25, 0.3) is 0 Å². The maximum atomic E-state index is 14.5. The highest BCUT2D eigenvalue weighted by Gasteiger charge is 2.37. The zero-order chi connectivity index (χ0) is 34.0. The molecule has 1 aliphatic heterocycles. The lowest BCUT2D eigenvalue weighted by molar-refractivity contribution is -0.150. The zero-order valence-electron chi connectivity index (χ0n) is 28.4. The number of amides is 3. The molecule has 3 amide bonds. The lowest BCUT2D eigenvalue weighted by Crippen LogP contribution is -2.57. The summed E-state index contributed by atoms with van der Waals surface area (Å²) in [5.41, 5.74) is 3.81. The summed E-state index contributed by atoms with van der Waals surface area (Å²) in [6, 6.07) is 26.1. The van der Waals surface area contributed by atoms with Crippen molar-refractivity contribution in [1.29, 1.82) is 0 Å². The van der Waals surface area contributed by atoms with Crippen molar-refractivity contribution in [2.75, 3.05) is 34.2 Å². The van der Waals surface area contributed by atoms with Crippen LogP contribution in [-0.4, -0.2) is 95.5 Å². The summed E-state index contributed by atoms with van der Waals surface area (Å²) in [5.74, 6) is -0.795. The van der Waals surface area contributed by atoms with Crippen LogP contribution >= 0.6 is 0 Å². The largest absolute Gasteiger partial charge is 0.391 e. The van der Waals surface area contributed by atoms with Crippen LogP contribution in [-0.2, 0) is 27.2 Å². The second-order valence-electron chi connectivity index (χ2n) is 13.2. The van der Waals surface area contributed by atoms with Crippen LogP contribution in [0.5, 0.6) is 0 Å². The predicted octanol–water partition coefficient (Wildman–Crippen LogP) is 4.72. The second-order valence-corrected chi connectivity index (χ2v) is 13.2. The van der Waals surface area contributed by atoms with Crippen LogP contribution in [0.3, 0.4) is 0 Å². The topological polar surface area (TPSA) is 93.2 Å². The monoisotopic (exact) mass is 638 g/mol. The summed E-state index contributed by atoms with van der Waals surface area (Å²) in [6.45, 7) is 4.89. The number of aliphatic hydroxyl groups is 1. The Balaban J connectivity index is 1.64. The maximum Gasteiger partial charge on any atom is 0.246 e. The number of piperidine rings is 1. The van der Waals surface area contributed by atoms with Gasteiger partial charge in [0.1, 0.15) is 12.1 Å². The minimum absolute atomic E-state index is 0.182. The molecule has 3 aromatic carbocycles. The van der Waals surface area contributed by atoms with Crippen molar-refractivity contribution in [3.8, 4) is 11.1 Å². The number of rotatable bonds is 13. The van der Waals surface area contributed by atoms with E-state index < -0.39 is 18.2 Å². The number of nitrogens with one attached hydrogen (secondary N) is 1. The number of β-amino-alcohol motifs (C(OH)–C–C–N with tert-alkyl or cyclic N) is 1. The molecule has 8 heteroatoms. The quantitative estimate of drug-likeness (QED) is 0.265. The van der Waals surface area contributed by atoms with Gasteiger partial charge >= 0.3 is 0 Å². The van der Waals surface area contributed by atoms with Crippen molar-refractivity contribution >= 4 is 17.7 Å². The highest BCUT2D eigenvalue weighted by atomic mass is 16.3. The van der Waals surface area contributed by atoms with E-state index in [0.717, 1.165) is 22.3 Å². The van der Waals surface area contributed by atoms with Gasteiger partial charge in [0, 0.05) is 45.6 Å². The summed E-state index contributed by atoms with van der Waals surface area (Å²) in [6.07, 6.45) is 5.38. The second kappa shape index (κ2) is 16.5. The summed E-state index contributed by atoms with van der Waals surface area (Å²) < 4.78 is 0. The van der Waals surface area contributed by atoms with E-state index in [1.165, 1.54) is 15.9 Å². The molecule has 3 atom stereocenters. The first-order chi connectivity index (χ1) is 22.5. The number of likely N-dealkylation sites (N-methyl/N-ethyl adjacent to an activating group) is 2. The third-order valence-electron chi connectivity index (χ3n) is 9.24. The van der Waals surface area contributed by atoms with Crippen molar-refractivity contribution in [3.63, 3.8) is 0 Å². The van der Waals surface area contributed by atoms with Gasteiger partial charge in [-0.05, 0) is 68.5 Å². The van der Waals surface area contributed by atoms with Gasteiger partial charge in [0.05, 0.1) is 6.10 Å². The fraction of sp³-hybridized carbons (Fsp3) is 0.410. The molecule has 3 aromatic rings.